The molecule has 7 heteroatoms. The average molecular weight is 520 g/mol. The number of urea groups is 1. The molecule has 1 N–H and O–H groups in total. The van der Waals surface area contributed by atoms with Gasteiger partial charge in [-0.3, -0.25) is 4.79 Å². The highest BCUT2D eigenvalue weighted by molar-refractivity contribution is 9.10. The molecule has 0 atom stereocenters. The van der Waals surface area contributed by atoms with E-state index >= 15 is 0 Å². The quantitative estimate of drug-likeness (QED) is 0.348. The van der Waals surface area contributed by atoms with Crippen molar-refractivity contribution in [2.24, 2.45) is 0 Å². The Balaban J connectivity index is 2.10. The molecule has 6 nitrogen and oxygen atoms in total. The van der Waals surface area contributed by atoms with E-state index in [1.165, 1.54) is 5.56 Å². The second kappa shape index (κ2) is 14.1. The van der Waals surface area contributed by atoms with Crippen LogP contribution in [0.25, 0.3) is 0 Å². The van der Waals surface area contributed by atoms with E-state index in [4.69, 9.17) is 0 Å². The van der Waals surface area contributed by atoms with Crippen molar-refractivity contribution in [3.63, 3.8) is 0 Å². The Kier molecular flexibility index (Phi) is 11.5. The van der Waals surface area contributed by atoms with Gasteiger partial charge in [-0.05, 0) is 56.5 Å². The van der Waals surface area contributed by atoms with Crippen LogP contribution in [-0.4, -0.2) is 52.0 Å². The number of carbonyl (C=O) groups is 2. The molecule has 3 amide bonds. The van der Waals surface area contributed by atoms with Crippen LogP contribution in [0.2, 0.25) is 0 Å². The maximum Gasteiger partial charge on any atom is 0.318 e. The molecule has 0 aliphatic rings. The molecule has 2 aromatic rings. The summed E-state index contributed by atoms with van der Waals surface area (Å²) in [5.41, 5.74) is 2.29. The van der Waals surface area contributed by atoms with Crippen molar-refractivity contribution in [3.05, 3.63) is 58.3 Å². The van der Waals surface area contributed by atoms with Crippen LogP contribution >= 0.6 is 15.9 Å². The Morgan fingerprint density at radius 1 is 1.06 bits per heavy atom. The lowest BCUT2D eigenvalue weighted by Crippen LogP contribution is -2.49. The van der Waals surface area contributed by atoms with E-state index in [2.05, 4.69) is 64.1 Å². The van der Waals surface area contributed by atoms with Crippen molar-refractivity contribution in [3.8, 4) is 0 Å². The largest absolute Gasteiger partial charge is 0.345 e. The smallest absolute Gasteiger partial charge is 0.318 e. The monoisotopic (exact) mass is 518 g/mol. The van der Waals surface area contributed by atoms with E-state index in [9.17, 15) is 9.59 Å². The first-order valence-electron chi connectivity index (χ1n) is 12.1. The number of benzene rings is 1. The van der Waals surface area contributed by atoms with Crippen LogP contribution in [0.15, 0.2) is 47.1 Å². The van der Waals surface area contributed by atoms with E-state index in [1.807, 2.05) is 36.9 Å². The minimum atomic E-state index is -0.166. The predicted octanol–water partition coefficient (Wildman–Crippen LogP) is 5.65. The van der Waals surface area contributed by atoms with Gasteiger partial charge in [-0.15, -0.1) is 0 Å². The molecule has 0 unspecified atom stereocenters. The van der Waals surface area contributed by atoms with Gasteiger partial charge in [0.1, 0.15) is 6.54 Å². The summed E-state index contributed by atoms with van der Waals surface area (Å²) in [6, 6.07) is 12.2. The Morgan fingerprint density at radius 3 is 2.39 bits per heavy atom. The van der Waals surface area contributed by atoms with Gasteiger partial charge in [0, 0.05) is 42.0 Å². The Labute approximate surface area is 207 Å². The number of unbranched alkanes of at least 4 members (excludes halogenated alkanes) is 2. The minimum Gasteiger partial charge on any atom is -0.345 e. The molecular formula is C26H39BrN4O2. The van der Waals surface area contributed by atoms with Gasteiger partial charge >= 0.3 is 6.03 Å². The highest BCUT2D eigenvalue weighted by Crippen LogP contribution is 2.15. The first-order valence-corrected chi connectivity index (χ1v) is 12.9. The molecule has 1 aromatic heterocycles. The number of nitrogens with zero attached hydrogens (tertiary/aromatic N) is 3. The first kappa shape index (κ1) is 27.0. The lowest BCUT2D eigenvalue weighted by Gasteiger charge is -2.30. The van der Waals surface area contributed by atoms with Crippen LogP contribution in [0.4, 0.5) is 4.79 Å². The van der Waals surface area contributed by atoms with Crippen molar-refractivity contribution < 1.29 is 9.59 Å². The second-order valence-electron chi connectivity index (χ2n) is 8.73. The van der Waals surface area contributed by atoms with Crippen molar-refractivity contribution in [2.45, 2.75) is 72.5 Å². The molecule has 0 spiro atoms. The number of amides is 3. The van der Waals surface area contributed by atoms with Crippen LogP contribution in [-0.2, 0) is 17.9 Å². The van der Waals surface area contributed by atoms with Gasteiger partial charge in [0.15, 0.2) is 0 Å². The lowest BCUT2D eigenvalue weighted by molar-refractivity contribution is -0.133. The van der Waals surface area contributed by atoms with Crippen LogP contribution in [0, 0.1) is 0 Å². The summed E-state index contributed by atoms with van der Waals surface area (Å²) in [6.45, 7) is 10.8. The average Bonchev–Trinajstić information content (AvgIpc) is 3.22. The molecule has 1 heterocycles. The molecule has 2 rings (SSSR count). The van der Waals surface area contributed by atoms with Gasteiger partial charge in [-0.2, -0.15) is 0 Å². The highest BCUT2D eigenvalue weighted by Gasteiger charge is 2.23. The fourth-order valence-corrected chi connectivity index (χ4v) is 3.84. The fourth-order valence-electron chi connectivity index (χ4n) is 3.58. The van der Waals surface area contributed by atoms with Crippen molar-refractivity contribution in [2.75, 3.05) is 19.6 Å². The molecule has 0 aliphatic heterocycles. The standard InChI is InChI=1S/C26H39BrN4O2/c1-5-7-15-28-26(33)31(21(3)4)20-25(32)30(16-8-6-2)19-24-10-9-17-29(24)18-22-11-13-23(27)14-12-22/h9-14,17,21H,5-8,15-16,18-20H2,1-4H3,(H,28,33). The zero-order chi connectivity index (χ0) is 24.2. The Hall–Kier alpha value is -2.28. The number of rotatable bonds is 13. The Morgan fingerprint density at radius 2 is 1.76 bits per heavy atom. The summed E-state index contributed by atoms with van der Waals surface area (Å²) >= 11 is 3.48. The van der Waals surface area contributed by atoms with Crippen molar-refractivity contribution in [1.82, 2.24) is 19.7 Å². The molecule has 0 saturated heterocycles. The molecule has 1 aromatic carbocycles. The van der Waals surface area contributed by atoms with Gasteiger partial charge in [0.2, 0.25) is 5.91 Å². The zero-order valence-electron chi connectivity index (χ0n) is 20.5. The highest BCUT2D eigenvalue weighted by atomic mass is 79.9. The molecule has 0 saturated carbocycles. The van der Waals surface area contributed by atoms with Crippen molar-refractivity contribution in [1.29, 1.82) is 0 Å². The van der Waals surface area contributed by atoms with E-state index in [0.717, 1.165) is 42.4 Å². The number of hydrogen-bond acceptors (Lipinski definition) is 2. The van der Waals surface area contributed by atoms with Gasteiger partial charge in [0.25, 0.3) is 0 Å². The zero-order valence-corrected chi connectivity index (χ0v) is 22.1. The first-order chi connectivity index (χ1) is 15.8. The van der Waals surface area contributed by atoms with Crippen LogP contribution in [0.5, 0.6) is 0 Å². The fraction of sp³-hybridized carbons (Fsp3) is 0.538. The maximum absolute atomic E-state index is 13.3. The van der Waals surface area contributed by atoms with E-state index < -0.39 is 0 Å². The van der Waals surface area contributed by atoms with E-state index in [-0.39, 0.29) is 24.5 Å². The van der Waals surface area contributed by atoms with Crippen LogP contribution in [0.3, 0.4) is 0 Å². The van der Waals surface area contributed by atoms with Gasteiger partial charge in [0.05, 0.1) is 6.54 Å². The molecular weight excluding hydrogens is 480 g/mol. The summed E-state index contributed by atoms with van der Waals surface area (Å²) in [4.78, 5) is 29.5. The minimum absolute atomic E-state index is 0.0146. The van der Waals surface area contributed by atoms with Gasteiger partial charge in [-0.1, -0.05) is 54.8 Å². The third kappa shape index (κ3) is 8.88. The third-order valence-electron chi connectivity index (χ3n) is 5.67. The molecule has 0 bridgehead atoms. The molecule has 0 fully saturated rings. The van der Waals surface area contributed by atoms with E-state index in [1.54, 1.807) is 4.90 Å². The summed E-state index contributed by atoms with van der Waals surface area (Å²) in [5, 5.41) is 2.95. The molecule has 0 aliphatic carbocycles. The summed E-state index contributed by atoms with van der Waals surface area (Å²) in [7, 11) is 0. The number of hydrogen-bond donors (Lipinski definition) is 1. The predicted molar refractivity (Wildman–Crippen MR) is 138 cm³/mol. The number of nitrogens with one attached hydrogen (secondary N) is 1. The SMILES string of the molecule is CCCCNC(=O)N(CC(=O)N(CCCC)Cc1cccn1Cc1ccc(Br)cc1)C(C)C. The Bertz CT molecular complexity index is 863. The topological polar surface area (TPSA) is 57.6 Å². The summed E-state index contributed by atoms with van der Waals surface area (Å²) in [6.07, 6.45) is 5.95. The number of aromatic nitrogens is 1. The maximum atomic E-state index is 13.3. The summed E-state index contributed by atoms with van der Waals surface area (Å²) < 4.78 is 3.25. The van der Waals surface area contributed by atoms with Crippen LogP contribution in [0.1, 0.15) is 64.6 Å². The number of halogens is 1. The molecule has 182 valence electrons. The molecule has 33 heavy (non-hydrogen) atoms. The van der Waals surface area contributed by atoms with Gasteiger partial charge in [-0.25, -0.2) is 4.79 Å². The van der Waals surface area contributed by atoms with E-state index in [0.29, 0.717) is 19.6 Å². The third-order valence-corrected chi connectivity index (χ3v) is 6.20. The molecule has 0 radical (unpaired) electrons. The second-order valence-corrected chi connectivity index (χ2v) is 9.65. The summed E-state index contributed by atoms with van der Waals surface area (Å²) in [5.74, 6) is -0.0146. The van der Waals surface area contributed by atoms with Gasteiger partial charge < -0.3 is 19.7 Å². The normalized spacial score (nSPS) is 11.0. The number of carbonyl (C=O) groups excluding carboxylic acids is 2. The van der Waals surface area contributed by atoms with Crippen molar-refractivity contribution >= 4 is 27.9 Å². The van der Waals surface area contributed by atoms with Crippen LogP contribution < -0.4 is 5.32 Å². The lowest BCUT2D eigenvalue weighted by atomic mass is 10.2.